The number of rotatable bonds is 6. The number of pyridine rings is 1. The first kappa shape index (κ1) is 18.4. The molecule has 1 aliphatic heterocycles. The highest BCUT2D eigenvalue weighted by Gasteiger charge is 2.43. The van der Waals surface area contributed by atoms with Crippen LogP contribution in [0.5, 0.6) is 0 Å². The van der Waals surface area contributed by atoms with Crippen molar-refractivity contribution in [2.45, 2.75) is 52.1 Å². The van der Waals surface area contributed by atoms with Gasteiger partial charge in [-0.1, -0.05) is 6.92 Å². The average molecular weight is 332 g/mol. The van der Waals surface area contributed by atoms with Gasteiger partial charge in [0.05, 0.1) is 0 Å². The Bertz CT molecular complexity index is 577. The highest BCUT2D eigenvalue weighted by molar-refractivity contribution is 6.05. The molecule has 0 saturated carbocycles. The summed E-state index contributed by atoms with van der Waals surface area (Å²) >= 11 is 0. The summed E-state index contributed by atoms with van der Waals surface area (Å²) in [6.45, 7) is 9.73. The standard InChI is InChI=1S/C18H28N4O2/c1-5-10-22(13(2)3)17(24)21-18(8-9-19-12-18)16(23)15-7-6-14(4)20-11-15/h6-7,11,13,19H,5,8-10,12H2,1-4H3,(H,21,24)/t18-/m1/s1. The van der Waals surface area contributed by atoms with Gasteiger partial charge < -0.3 is 15.5 Å². The van der Waals surface area contributed by atoms with E-state index in [4.69, 9.17) is 0 Å². The molecule has 6 heteroatoms. The molecule has 1 aliphatic rings. The monoisotopic (exact) mass is 332 g/mol. The second kappa shape index (κ2) is 7.75. The van der Waals surface area contributed by atoms with E-state index in [1.807, 2.05) is 33.8 Å². The molecule has 0 aliphatic carbocycles. The fraction of sp³-hybridized carbons (Fsp3) is 0.611. The minimum atomic E-state index is -0.894. The van der Waals surface area contributed by atoms with Crippen LogP contribution in [0.4, 0.5) is 4.79 Å². The quantitative estimate of drug-likeness (QED) is 0.783. The van der Waals surface area contributed by atoms with Crippen molar-refractivity contribution in [1.82, 2.24) is 20.5 Å². The average Bonchev–Trinajstić information content (AvgIpc) is 3.01. The Labute approximate surface area is 144 Å². The Morgan fingerprint density at radius 3 is 2.67 bits per heavy atom. The number of carbonyl (C=O) groups is 2. The van der Waals surface area contributed by atoms with Crippen LogP contribution in [0.25, 0.3) is 0 Å². The summed E-state index contributed by atoms with van der Waals surface area (Å²) in [4.78, 5) is 31.8. The highest BCUT2D eigenvalue weighted by Crippen LogP contribution is 2.22. The topological polar surface area (TPSA) is 74.3 Å². The molecule has 2 N–H and O–H groups in total. The minimum absolute atomic E-state index is 0.0754. The summed E-state index contributed by atoms with van der Waals surface area (Å²) in [5.41, 5.74) is 0.508. The molecular formula is C18H28N4O2. The molecule has 1 fully saturated rings. The van der Waals surface area contributed by atoms with Crippen LogP contribution in [0.15, 0.2) is 18.3 Å². The van der Waals surface area contributed by atoms with Gasteiger partial charge in [-0.3, -0.25) is 9.78 Å². The number of amides is 2. The summed E-state index contributed by atoms with van der Waals surface area (Å²) < 4.78 is 0. The number of aryl methyl sites for hydroxylation is 1. The lowest BCUT2D eigenvalue weighted by atomic mass is 9.89. The number of hydrogen-bond acceptors (Lipinski definition) is 4. The first-order valence-corrected chi connectivity index (χ1v) is 8.66. The van der Waals surface area contributed by atoms with Crippen LogP contribution in [0.2, 0.25) is 0 Å². The number of nitrogens with one attached hydrogen (secondary N) is 2. The van der Waals surface area contributed by atoms with Gasteiger partial charge >= 0.3 is 6.03 Å². The third kappa shape index (κ3) is 3.93. The van der Waals surface area contributed by atoms with E-state index in [0.29, 0.717) is 31.6 Å². The number of carbonyl (C=O) groups excluding carboxylic acids is 2. The van der Waals surface area contributed by atoms with E-state index < -0.39 is 5.54 Å². The Hall–Kier alpha value is -1.95. The van der Waals surface area contributed by atoms with Gasteiger partial charge in [-0.2, -0.15) is 0 Å². The normalized spacial score (nSPS) is 20.2. The molecule has 0 bridgehead atoms. The van der Waals surface area contributed by atoms with Crippen LogP contribution in [-0.2, 0) is 0 Å². The predicted molar refractivity (Wildman–Crippen MR) is 94.2 cm³/mol. The lowest BCUT2D eigenvalue weighted by Crippen LogP contribution is -2.60. The molecule has 2 heterocycles. The molecular weight excluding hydrogens is 304 g/mol. The number of urea groups is 1. The van der Waals surface area contributed by atoms with E-state index in [-0.39, 0.29) is 17.9 Å². The number of Topliss-reactive ketones (excluding diaryl/α,β-unsaturated/α-hetero) is 1. The molecule has 1 saturated heterocycles. The summed E-state index contributed by atoms with van der Waals surface area (Å²) in [6.07, 6.45) is 3.06. The second-order valence-corrected chi connectivity index (χ2v) is 6.74. The molecule has 6 nitrogen and oxygen atoms in total. The zero-order valence-corrected chi connectivity index (χ0v) is 15.1. The summed E-state index contributed by atoms with van der Waals surface area (Å²) in [5, 5.41) is 6.22. The fourth-order valence-corrected chi connectivity index (χ4v) is 3.04. The van der Waals surface area contributed by atoms with E-state index >= 15 is 0 Å². The molecule has 1 aromatic rings. The zero-order valence-electron chi connectivity index (χ0n) is 15.1. The summed E-state index contributed by atoms with van der Waals surface area (Å²) in [7, 11) is 0. The van der Waals surface area contributed by atoms with Crippen LogP contribution in [-0.4, -0.2) is 52.9 Å². The Kier molecular flexibility index (Phi) is 5.94. The number of ketones is 1. The summed E-state index contributed by atoms with van der Waals surface area (Å²) in [6, 6.07) is 3.52. The maximum atomic E-state index is 13.1. The van der Waals surface area contributed by atoms with Crippen molar-refractivity contribution >= 4 is 11.8 Å². The maximum absolute atomic E-state index is 13.1. The lowest BCUT2D eigenvalue weighted by Gasteiger charge is -2.33. The van der Waals surface area contributed by atoms with Crippen molar-refractivity contribution < 1.29 is 9.59 Å². The van der Waals surface area contributed by atoms with E-state index in [1.165, 1.54) is 0 Å². The second-order valence-electron chi connectivity index (χ2n) is 6.74. The van der Waals surface area contributed by atoms with Crippen molar-refractivity contribution in [3.63, 3.8) is 0 Å². The van der Waals surface area contributed by atoms with Gasteiger partial charge in [-0.15, -0.1) is 0 Å². The van der Waals surface area contributed by atoms with Gasteiger partial charge in [0.1, 0.15) is 5.54 Å². The largest absolute Gasteiger partial charge is 0.324 e. The molecule has 2 amide bonds. The van der Waals surface area contributed by atoms with E-state index in [9.17, 15) is 9.59 Å². The Morgan fingerprint density at radius 2 is 2.17 bits per heavy atom. The fourth-order valence-electron chi connectivity index (χ4n) is 3.04. The van der Waals surface area contributed by atoms with Crippen molar-refractivity contribution in [1.29, 1.82) is 0 Å². The Morgan fingerprint density at radius 1 is 1.42 bits per heavy atom. The van der Waals surface area contributed by atoms with Crippen molar-refractivity contribution in [3.8, 4) is 0 Å². The first-order valence-electron chi connectivity index (χ1n) is 8.66. The number of hydrogen-bond donors (Lipinski definition) is 2. The molecule has 0 unspecified atom stereocenters. The van der Waals surface area contributed by atoms with Gasteiger partial charge in [-0.05, 0) is 52.3 Å². The molecule has 1 aromatic heterocycles. The minimum Gasteiger partial charge on any atom is -0.324 e. The van der Waals surface area contributed by atoms with Crippen LogP contribution in [0, 0.1) is 6.92 Å². The first-order chi connectivity index (χ1) is 11.4. The van der Waals surface area contributed by atoms with E-state index in [1.54, 1.807) is 17.2 Å². The third-order valence-electron chi connectivity index (χ3n) is 4.46. The van der Waals surface area contributed by atoms with Crippen molar-refractivity contribution in [2.24, 2.45) is 0 Å². The van der Waals surface area contributed by atoms with E-state index in [2.05, 4.69) is 15.6 Å². The van der Waals surface area contributed by atoms with E-state index in [0.717, 1.165) is 12.1 Å². The summed E-state index contributed by atoms with van der Waals surface area (Å²) in [5.74, 6) is -0.0754. The van der Waals surface area contributed by atoms with Gasteiger partial charge in [0.2, 0.25) is 0 Å². The Balaban J connectivity index is 2.22. The van der Waals surface area contributed by atoms with Crippen molar-refractivity contribution in [2.75, 3.05) is 19.6 Å². The van der Waals surface area contributed by atoms with Crippen LogP contribution < -0.4 is 10.6 Å². The third-order valence-corrected chi connectivity index (χ3v) is 4.46. The van der Waals surface area contributed by atoms with Crippen LogP contribution in [0.1, 0.15) is 49.7 Å². The SMILES string of the molecule is CCCN(C(=O)N[C@]1(C(=O)c2ccc(C)nc2)CCNC1)C(C)C. The van der Waals surface area contributed by atoms with Crippen molar-refractivity contribution in [3.05, 3.63) is 29.6 Å². The van der Waals surface area contributed by atoms with Gasteiger partial charge in [0.15, 0.2) is 5.78 Å². The highest BCUT2D eigenvalue weighted by atomic mass is 16.2. The smallest absolute Gasteiger partial charge is 0.318 e. The molecule has 132 valence electrons. The lowest BCUT2D eigenvalue weighted by molar-refractivity contribution is 0.0858. The maximum Gasteiger partial charge on any atom is 0.318 e. The van der Waals surface area contributed by atoms with Crippen LogP contribution in [0.3, 0.4) is 0 Å². The van der Waals surface area contributed by atoms with Gasteiger partial charge in [0, 0.05) is 36.6 Å². The molecule has 2 rings (SSSR count). The molecule has 24 heavy (non-hydrogen) atoms. The van der Waals surface area contributed by atoms with Crippen LogP contribution >= 0.6 is 0 Å². The van der Waals surface area contributed by atoms with Gasteiger partial charge in [-0.25, -0.2) is 4.79 Å². The zero-order chi connectivity index (χ0) is 17.7. The molecule has 0 spiro atoms. The molecule has 1 atom stereocenters. The predicted octanol–water partition coefficient (Wildman–Crippen LogP) is 2.13. The number of nitrogens with zero attached hydrogens (tertiary/aromatic N) is 2. The van der Waals surface area contributed by atoms with Gasteiger partial charge in [0.25, 0.3) is 0 Å². The molecule has 0 radical (unpaired) electrons. The molecule has 0 aromatic carbocycles. The number of aromatic nitrogens is 1.